The van der Waals surface area contributed by atoms with Crippen LogP contribution in [-0.4, -0.2) is 19.1 Å². The smallest absolute Gasteiger partial charge is 0.266 e. The number of nitriles is 1. The van der Waals surface area contributed by atoms with Crippen molar-refractivity contribution in [1.82, 2.24) is 0 Å². The number of allylic oxidation sites excluding steroid dienone is 1. The summed E-state index contributed by atoms with van der Waals surface area (Å²) in [5, 5.41) is 11.9. The second-order valence-electron chi connectivity index (χ2n) is 5.97. The molecule has 0 aromatic heterocycles. The molecule has 2 rings (SSSR count). The van der Waals surface area contributed by atoms with Crippen LogP contribution in [0.1, 0.15) is 25.0 Å². The van der Waals surface area contributed by atoms with Crippen molar-refractivity contribution in [3.05, 3.63) is 71.6 Å². The van der Waals surface area contributed by atoms with E-state index in [1.807, 2.05) is 26.0 Å². The highest BCUT2D eigenvalue weighted by atomic mass is 19.1. The number of hydrogen-bond donors (Lipinski definition) is 1. The lowest BCUT2D eigenvalue weighted by Gasteiger charge is -2.16. The highest BCUT2D eigenvalue weighted by Gasteiger charge is 2.15. The van der Waals surface area contributed by atoms with E-state index in [1.165, 1.54) is 24.3 Å². The SMILES string of the molecule is C=CCc1cc(/C=C(/C#N)C(=O)Nc2ccccc2F)cc(OCC)c1OCC. The number of para-hydroxylation sites is 1. The Labute approximate surface area is 170 Å². The first-order chi connectivity index (χ1) is 14.0. The van der Waals surface area contributed by atoms with Gasteiger partial charge in [-0.25, -0.2) is 4.39 Å². The van der Waals surface area contributed by atoms with Crippen molar-refractivity contribution in [2.75, 3.05) is 18.5 Å². The summed E-state index contributed by atoms with van der Waals surface area (Å²) in [5.41, 5.74) is 1.26. The lowest BCUT2D eigenvalue weighted by molar-refractivity contribution is -0.112. The fraction of sp³-hybridized carbons (Fsp3) is 0.217. The standard InChI is InChI=1S/C23H23FN2O3/c1-4-9-17-12-16(14-21(28-5-2)22(17)29-6-3)13-18(15-25)23(27)26-20-11-8-7-10-19(20)24/h4,7-8,10-14H,1,5-6,9H2,2-3H3,(H,26,27)/b18-13-. The third-order valence-corrected chi connectivity index (χ3v) is 3.91. The zero-order valence-corrected chi connectivity index (χ0v) is 16.5. The number of carbonyl (C=O) groups is 1. The van der Waals surface area contributed by atoms with Gasteiger partial charge < -0.3 is 14.8 Å². The zero-order chi connectivity index (χ0) is 21.2. The Hall–Kier alpha value is -3.59. The van der Waals surface area contributed by atoms with Gasteiger partial charge in [-0.3, -0.25) is 4.79 Å². The summed E-state index contributed by atoms with van der Waals surface area (Å²) in [6.07, 6.45) is 3.69. The summed E-state index contributed by atoms with van der Waals surface area (Å²) < 4.78 is 25.2. The quantitative estimate of drug-likeness (QED) is 0.373. The van der Waals surface area contributed by atoms with Gasteiger partial charge in [0.15, 0.2) is 11.5 Å². The Kier molecular flexibility index (Phi) is 7.99. The van der Waals surface area contributed by atoms with Crippen molar-refractivity contribution in [1.29, 1.82) is 5.26 Å². The van der Waals surface area contributed by atoms with Crippen LogP contribution in [-0.2, 0) is 11.2 Å². The van der Waals surface area contributed by atoms with Gasteiger partial charge in [-0.1, -0.05) is 18.2 Å². The highest BCUT2D eigenvalue weighted by molar-refractivity contribution is 6.09. The number of benzene rings is 2. The topological polar surface area (TPSA) is 71.4 Å². The predicted molar refractivity (Wildman–Crippen MR) is 111 cm³/mol. The van der Waals surface area contributed by atoms with Gasteiger partial charge in [0, 0.05) is 5.56 Å². The van der Waals surface area contributed by atoms with E-state index in [0.717, 1.165) is 5.56 Å². The molecular formula is C23H23FN2O3. The third kappa shape index (κ3) is 5.69. The number of hydrogen-bond acceptors (Lipinski definition) is 4. The number of ether oxygens (including phenoxy) is 2. The van der Waals surface area contributed by atoms with Crippen molar-refractivity contribution < 1.29 is 18.7 Å². The minimum Gasteiger partial charge on any atom is -0.490 e. The average molecular weight is 394 g/mol. The number of amides is 1. The Morgan fingerprint density at radius 1 is 1.24 bits per heavy atom. The molecule has 0 radical (unpaired) electrons. The van der Waals surface area contributed by atoms with E-state index >= 15 is 0 Å². The number of carbonyl (C=O) groups excluding carboxylic acids is 1. The molecule has 0 saturated carbocycles. The molecule has 0 fully saturated rings. The second kappa shape index (κ2) is 10.7. The van der Waals surface area contributed by atoms with E-state index in [1.54, 1.807) is 18.2 Å². The molecule has 0 bridgehead atoms. The predicted octanol–water partition coefficient (Wildman–Crippen LogP) is 4.90. The van der Waals surface area contributed by atoms with Crippen LogP contribution in [0.3, 0.4) is 0 Å². The van der Waals surface area contributed by atoms with Crippen molar-refractivity contribution in [2.24, 2.45) is 0 Å². The molecule has 0 atom stereocenters. The Morgan fingerprint density at radius 3 is 2.59 bits per heavy atom. The molecule has 2 aromatic rings. The summed E-state index contributed by atoms with van der Waals surface area (Å²) >= 11 is 0. The molecule has 1 amide bonds. The van der Waals surface area contributed by atoms with Gasteiger partial charge in [0.2, 0.25) is 0 Å². The minimum absolute atomic E-state index is 0.00713. The number of nitrogens with zero attached hydrogens (tertiary/aromatic N) is 1. The number of rotatable bonds is 9. The summed E-state index contributed by atoms with van der Waals surface area (Å²) in [6, 6.07) is 11.1. The van der Waals surface area contributed by atoms with E-state index in [9.17, 15) is 14.4 Å². The number of halogens is 1. The fourth-order valence-corrected chi connectivity index (χ4v) is 2.71. The maximum atomic E-state index is 13.8. The normalized spacial score (nSPS) is 10.8. The van der Waals surface area contributed by atoms with Crippen LogP contribution in [0.25, 0.3) is 6.08 Å². The van der Waals surface area contributed by atoms with Crippen LogP contribution in [0.5, 0.6) is 11.5 Å². The average Bonchev–Trinajstić information content (AvgIpc) is 2.70. The molecule has 5 nitrogen and oxygen atoms in total. The lowest BCUT2D eigenvalue weighted by Crippen LogP contribution is -2.14. The summed E-state index contributed by atoms with van der Waals surface area (Å²) in [7, 11) is 0. The Balaban J connectivity index is 2.43. The van der Waals surface area contributed by atoms with Gasteiger partial charge in [0.1, 0.15) is 17.5 Å². The summed E-state index contributed by atoms with van der Waals surface area (Å²) in [6.45, 7) is 8.39. The molecule has 0 aliphatic heterocycles. The van der Waals surface area contributed by atoms with Crippen LogP contribution >= 0.6 is 0 Å². The van der Waals surface area contributed by atoms with Gasteiger partial charge in [-0.2, -0.15) is 5.26 Å². The van der Waals surface area contributed by atoms with Crippen LogP contribution in [0.4, 0.5) is 10.1 Å². The number of nitrogens with one attached hydrogen (secondary N) is 1. The van der Waals surface area contributed by atoms with E-state index in [2.05, 4.69) is 11.9 Å². The van der Waals surface area contributed by atoms with E-state index < -0.39 is 11.7 Å². The number of anilines is 1. The highest BCUT2D eigenvalue weighted by Crippen LogP contribution is 2.34. The monoisotopic (exact) mass is 394 g/mol. The van der Waals surface area contributed by atoms with Gasteiger partial charge in [0.25, 0.3) is 5.91 Å². The van der Waals surface area contributed by atoms with Crippen molar-refractivity contribution in [2.45, 2.75) is 20.3 Å². The molecule has 1 N–H and O–H groups in total. The zero-order valence-electron chi connectivity index (χ0n) is 16.5. The first-order valence-corrected chi connectivity index (χ1v) is 9.25. The maximum absolute atomic E-state index is 13.8. The van der Waals surface area contributed by atoms with Crippen LogP contribution < -0.4 is 14.8 Å². The van der Waals surface area contributed by atoms with Crippen LogP contribution in [0.15, 0.2) is 54.6 Å². The van der Waals surface area contributed by atoms with Gasteiger partial charge in [0.05, 0.1) is 18.9 Å². The van der Waals surface area contributed by atoms with Crippen molar-refractivity contribution in [3.63, 3.8) is 0 Å². The molecule has 0 heterocycles. The molecule has 6 heteroatoms. The van der Waals surface area contributed by atoms with Gasteiger partial charge in [-0.15, -0.1) is 6.58 Å². The molecule has 0 aliphatic rings. The maximum Gasteiger partial charge on any atom is 0.266 e. The van der Waals surface area contributed by atoms with Crippen LogP contribution in [0.2, 0.25) is 0 Å². The molecule has 2 aromatic carbocycles. The van der Waals surface area contributed by atoms with Gasteiger partial charge in [-0.05, 0) is 56.2 Å². The molecule has 29 heavy (non-hydrogen) atoms. The molecular weight excluding hydrogens is 371 g/mol. The van der Waals surface area contributed by atoms with E-state index in [0.29, 0.717) is 36.7 Å². The Morgan fingerprint density at radius 2 is 1.97 bits per heavy atom. The van der Waals surface area contributed by atoms with Crippen molar-refractivity contribution in [3.8, 4) is 17.6 Å². The Bertz CT molecular complexity index is 961. The first kappa shape index (κ1) is 21.7. The van der Waals surface area contributed by atoms with E-state index in [-0.39, 0.29) is 11.3 Å². The van der Waals surface area contributed by atoms with Crippen molar-refractivity contribution >= 4 is 17.7 Å². The molecule has 150 valence electrons. The molecule has 0 unspecified atom stereocenters. The summed E-state index contributed by atoms with van der Waals surface area (Å²) in [5.74, 6) is -0.145. The molecule has 0 spiro atoms. The molecule has 0 aliphatic carbocycles. The fourth-order valence-electron chi connectivity index (χ4n) is 2.71. The first-order valence-electron chi connectivity index (χ1n) is 9.25. The lowest BCUT2D eigenvalue weighted by atomic mass is 10.0. The second-order valence-corrected chi connectivity index (χ2v) is 5.97. The minimum atomic E-state index is -0.699. The van der Waals surface area contributed by atoms with Crippen LogP contribution in [0, 0.1) is 17.1 Å². The molecule has 0 saturated heterocycles. The van der Waals surface area contributed by atoms with E-state index in [4.69, 9.17) is 9.47 Å². The third-order valence-electron chi connectivity index (χ3n) is 3.91. The van der Waals surface area contributed by atoms with Gasteiger partial charge >= 0.3 is 0 Å². The summed E-state index contributed by atoms with van der Waals surface area (Å²) in [4.78, 5) is 12.5. The largest absolute Gasteiger partial charge is 0.490 e.